The lowest BCUT2D eigenvalue weighted by molar-refractivity contribution is 0.669. The average molecular weight is 766 g/mol. The van der Waals surface area contributed by atoms with Crippen LogP contribution in [-0.2, 0) is 0 Å². The predicted octanol–water partition coefficient (Wildman–Crippen LogP) is 15.0. The van der Waals surface area contributed by atoms with E-state index in [-0.39, 0.29) is 0 Å². The molecule has 13 aromatic rings. The third-order valence-corrected chi connectivity index (χ3v) is 12.1. The fraction of sp³-hybridized carbons (Fsp3) is 0. The Morgan fingerprint density at radius 1 is 0.267 bits per heavy atom. The maximum absolute atomic E-state index is 6.61. The highest BCUT2D eigenvalue weighted by molar-refractivity contribution is 6.19. The molecule has 278 valence electrons. The van der Waals surface area contributed by atoms with Crippen molar-refractivity contribution in [1.29, 1.82) is 0 Å². The molecular formula is C55H31N3O2. The van der Waals surface area contributed by atoms with Crippen LogP contribution in [0.15, 0.2) is 197 Å². The Bertz CT molecular complexity index is 3910. The van der Waals surface area contributed by atoms with Crippen LogP contribution in [0.2, 0.25) is 0 Å². The van der Waals surface area contributed by atoms with Gasteiger partial charge in [-0.2, -0.15) is 0 Å². The van der Waals surface area contributed by atoms with Crippen LogP contribution in [0.1, 0.15) is 0 Å². The third kappa shape index (κ3) is 5.09. The van der Waals surface area contributed by atoms with E-state index in [4.69, 9.17) is 23.8 Å². The van der Waals surface area contributed by atoms with Crippen LogP contribution in [0.5, 0.6) is 0 Å². The second kappa shape index (κ2) is 12.7. The van der Waals surface area contributed by atoms with E-state index in [1.807, 2.05) is 24.3 Å². The van der Waals surface area contributed by atoms with E-state index in [0.29, 0.717) is 17.5 Å². The molecule has 0 radical (unpaired) electrons. The molecule has 5 heteroatoms. The summed E-state index contributed by atoms with van der Waals surface area (Å²) in [6, 6.07) is 65.8. The van der Waals surface area contributed by atoms with Crippen molar-refractivity contribution in [2.24, 2.45) is 0 Å². The number of aromatic nitrogens is 3. The summed E-state index contributed by atoms with van der Waals surface area (Å²) < 4.78 is 12.8. The van der Waals surface area contributed by atoms with E-state index >= 15 is 0 Å². The first-order valence-corrected chi connectivity index (χ1v) is 20.2. The van der Waals surface area contributed by atoms with Gasteiger partial charge in [-0.1, -0.05) is 140 Å². The molecule has 0 N–H and O–H groups in total. The van der Waals surface area contributed by atoms with E-state index < -0.39 is 0 Å². The first kappa shape index (κ1) is 32.9. The molecule has 0 saturated heterocycles. The third-order valence-electron chi connectivity index (χ3n) is 12.1. The lowest BCUT2D eigenvalue weighted by Gasteiger charge is -2.11. The molecular weight excluding hydrogens is 735 g/mol. The smallest absolute Gasteiger partial charge is 0.164 e. The molecule has 0 saturated carbocycles. The molecule has 0 aliphatic heterocycles. The molecule has 0 atom stereocenters. The summed E-state index contributed by atoms with van der Waals surface area (Å²) in [6.45, 7) is 0. The highest BCUT2D eigenvalue weighted by Gasteiger charge is 2.20. The van der Waals surface area contributed by atoms with Gasteiger partial charge in [0.25, 0.3) is 0 Å². The highest BCUT2D eigenvalue weighted by Crippen LogP contribution is 2.40. The largest absolute Gasteiger partial charge is 0.456 e. The topological polar surface area (TPSA) is 65.0 Å². The minimum absolute atomic E-state index is 0.580. The Balaban J connectivity index is 1.00. The van der Waals surface area contributed by atoms with Gasteiger partial charge in [-0.05, 0) is 103 Å². The van der Waals surface area contributed by atoms with Crippen LogP contribution in [0.25, 0.3) is 132 Å². The molecule has 5 nitrogen and oxygen atoms in total. The second-order valence-electron chi connectivity index (χ2n) is 15.6. The van der Waals surface area contributed by atoms with Gasteiger partial charge < -0.3 is 8.83 Å². The maximum Gasteiger partial charge on any atom is 0.164 e. The van der Waals surface area contributed by atoms with Gasteiger partial charge in [0, 0.05) is 38.2 Å². The normalized spacial score (nSPS) is 12.0. The molecule has 13 rings (SSSR count). The Kier molecular flexibility index (Phi) is 6.95. The molecule has 0 aliphatic rings. The number of nitrogens with zero attached hydrogens (tertiary/aromatic N) is 3. The Morgan fingerprint density at radius 3 is 1.65 bits per heavy atom. The zero-order valence-corrected chi connectivity index (χ0v) is 32.1. The zero-order valence-electron chi connectivity index (χ0n) is 32.1. The standard InChI is InChI=1S/C55H31N3O2/c1-2-10-34-28-35(18-16-32(34)8-1)36-20-26-45-50(31-36)60-48-15-7-13-46(52(45)48)55-57-53(39-21-24-42-37(29-39)19-17-33-9-3-4-11-41(33)42)56-54(58-55)40-22-25-43-38(30-40)23-27-49-51(43)44-12-5-6-14-47(44)59-49/h1-31H. The minimum Gasteiger partial charge on any atom is -0.456 e. The van der Waals surface area contributed by atoms with Crippen LogP contribution in [-0.4, -0.2) is 15.0 Å². The zero-order chi connectivity index (χ0) is 39.3. The van der Waals surface area contributed by atoms with Crippen LogP contribution in [0, 0.1) is 0 Å². The van der Waals surface area contributed by atoms with Gasteiger partial charge in [0.2, 0.25) is 0 Å². The van der Waals surface area contributed by atoms with E-state index in [9.17, 15) is 0 Å². The van der Waals surface area contributed by atoms with Crippen molar-refractivity contribution in [2.45, 2.75) is 0 Å². The van der Waals surface area contributed by atoms with Gasteiger partial charge >= 0.3 is 0 Å². The second-order valence-corrected chi connectivity index (χ2v) is 15.6. The summed E-state index contributed by atoms with van der Waals surface area (Å²) >= 11 is 0. The maximum atomic E-state index is 6.61. The van der Waals surface area contributed by atoms with Crippen LogP contribution >= 0.6 is 0 Å². The summed E-state index contributed by atoms with van der Waals surface area (Å²) in [5, 5.41) is 13.6. The van der Waals surface area contributed by atoms with Gasteiger partial charge in [-0.3, -0.25) is 0 Å². The number of para-hydroxylation sites is 1. The first-order chi connectivity index (χ1) is 29.7. The summed E-state index contributed by atoms with van der Waals surface area (Å²) in [5.74, 6) is 1.78. The Morgan fingerprint density at radius 2 is 0.783 bits per heavy atom. The molecule has 0 unspecified atom stereocenters. The molecule has 0 bridgehead atoms. The van der Waals surface area contributed by atoms with Gasteiger partial charge in [0.1, 0.15) is 22.3 Å². The van der Waals surface area contributed by atoms with E-state index in [2.05, 4.69) is 164 Å². The van der Waals surface area contributed by atoms with E-state index in [0.717, 1.165) is 87.9 Å². The number of furan rings is 2. The van der Waals surface area contributed by atoms with Gasteiger partial charge in [-0.25, -0.2) is 15.0 Å². The van der Waals surface area contributed by atoms with Crippen molar-refractivity contribution in [1.82, 2.24) is 15.0 Å². The van der Waals surface area contributed by atoms with Gasteiger partial charge in [0.05, 0.1) is 0 Å². The summed E-state index contributed by atoms with van der Waals surface area (Å²) in [6.07, 6.45) is 0. The van der Waals surface area contributed by atoms with Crippen molar-refractivity contribution in [2.75, 3.05) is 0 Å². The minimum atomic E-state index is 0.580. The number of hydrogen-bond donors (Lipinski definition) is 0. The van der Waals surface area contributed by atoms with Crippen molar-refractivity contribution in [3.63, 3.8) is 0 Å². The van der Waals surface area contributed by atoms with Crippen LogP contribution in [0.3, 0.4) is 0 Å². The Labute approximate surface area is 342 Å². The summed E-state index contributed by atoms with van der Waals surface area (Å²) in [4.78, 5) is 15.7. The lowest BCUT2D eigenvalue weighted by atomic mass is 9.99. The number of hydrogen-bond acceptors (Lipinski definition) is 5. The monoisotopic (exact) mass is 765 g/mol. The van der Waals surface area contributed by atoms with E-state index in [1.54, 1.807) is 0 Å². The fourth-order valence-electron chi connectivity index (χ4n) is 9.16. The van der Waals surface area contributed by atoms with Crippen molar-refractivity contribution >= 4 is 87.0 Å². The predicted molar refractivity (Wildman–Crippen MR) is 246 cm³/mol. The number of benzene rings is 10. The molecule has 3 aromatic heterocycles. The van der Waals surface area contributed by atoms with Crippen LogP contribution in [0.4, 0.5) is 0 Å². The lowest BCUT2D eigenvalue weighted by Crippen LogP contribution is -2.00. The van der Waals surface area contributed by atoms with E-state index in [1.165, 1.54) is 26.9 Å². The highest BCUT2D eigenvalue weighted by atomic mass is 16.3. The molecule has 0 spiro atoms. The van der Waals surface area contributed by atoms with Crippen molar-refractivity contribution in [3.8, 4) is 45.3 Å². The summed E-state index contributed by atoms with van der Waals surface area (Å²) in [5.41, 5.74) is 8.28. The molecule has 10 aromatic carbocycles. The van der Waals surface area contributed by atoms with Crippen molar-refractivity contribution < 1.29 is 8.83 Å². The molecule has 0 fully saturated rings. The number of fused-ring (bicyclic) bond motifs is 12. The average Bonchev–Trinajstić information content (AvgIpc) is 3.89. The number of rotatable bonds is 4. The fourth-order valence-corrected chi connectivity index (χ4v) is 9.16. The molecule has 0 aliphatic carbocycles. The molecule has 3 heterocycles. The molecule has 0 amide bonds. The van der Waals surface area contributed by atoms with Crippen LogP contribution < -0.4 is 0 Å². The van der Waals surface area contributed by atoms with Gasteiger partial charge in [-0.15, -0.1) is 0 Å². The summed E-state index contributed by atoms with van der Waals surface area (Å²) in [7, 11) is 0. The SMILES string of the molecule is c1ccc2cc(-c3ccc4c(c3)oc3cccc(-c5nc(-c6ccc7c(ccc8ccccc87)c6)nc(-c6ccc7c(ccc8oc9ccccc9c87)c6)n5)c34)ccc2c1. The first-order valence-electron chi connectivity index (χ1n) is 20.2. The molecule has 60 heavy (non-hydrogen) atoms. The van der Waals surface area contributed by atoms with Gasteiger partial charge in [0.15, 0.2) is 17.5 Å². The quantitative estimate of drug-likeness (QED) is 0.167. The van der Waals surface area contributed by atoms with Crippen molar-refractivity contribution in [3.05, 3.63) is 188 Å². The Hall–Kier alpha value is -8.15.